The van der Waals surface area contributed by atoms with E-state index in [9.17, 15) is 44.7 Å². The van der Waals surface area contributed by atoms with Gasteiger partial charge < -0.3 is 14.6 Å². The first kappa shape index (κ1) is 30.0. The molecule has 0 saturated heterocycles. The molecule has 41 heavy (non-hydrogen) atoms. The molecule has 1 aliphatic heterocycles. The van der Waals surface area contributed by atoms with Crippen molar-refractivity contribution in [3.05, 3.63) is 72.0 Å². The molecule has 0 aliphatic carbocycles. The van der Waals surface area contributed by atoms with E-state index in [0.29, 0.717) is 12.1 Å². The first-order chi connectivity index (χ1) is 19.0. The fourth-order valence-electron chi connectivity index (χ4n) is 4.34. The highest BCUT2D eigenvalue weighted by atomic mass is 32.2. The van der Waals surface area contributed by atoms with E-state index in [-0.39, 0.29) is 29.0 Å². The van der Waals surface area contributed by atoms with Crippen molar-refractivity contribution in [2.45, 2.75) is 44.1 Å². The van der Waals surface area contributed by atoms with Gasteiger partial charge in [-0.05, 0) is 67.4 Å². The van der Waals surface area contributed by atoms with Gasteiger partial charge in [-0.2, -0.15) is 22.0 Å². The topological polar surface area (TPSA) is 93.1 Å². The summed E-state index contributed by atoms with van der Waals surface area (Å²) in [5.74, 6) is -2.63. The van der Waals surface area contributed by atoms with E-state index in [0.717, 1.165) is 34.6 Å². The number of aliphatic carboxylic acids is 1. The molecular weight excluding hydrogens is 580 g/mol. The average Bonchev–Trinajstić information content (AvgIpc) is 2.86. The fraction of sp³-hybridized carbons (Fsp3) is 0.296. The number of anilines is 1. The van der Waals surface area contributed by atoms with E-state index in [2.05, 4.69) is 4.74 Å². The Morgan fingerprint density at radius 3 is 2.41 bits per heavy atom. The molecule has 4 rings (SSSR count). The number of rotatable bonds is 8. The smallest absolute Gasteiger partial charge is 0.416 e. The Bertz CT molecular complexity index is 1570. The third-order valence-corrected chi connectivity index (χ3v) is 8.16. The van der Waals surface area contributed by atoms with Crippen molar-refractivity contribution in [2.75, 3.05) is 10.8 Å². The van der Waals surface area contributed by atoms with Crippen LogP contribution in [0.2, 0.25) is 0 Å². The number of carboxylic acids is 1. The van der Waals surface area contributed by atoms with Gasteiger partial charge in [0.05, 0.1) is 28.1 Å². The second kappa shape index (κ2) is 10.8. The number of ether oxygens (including phenoxy) is 2. The summed E-state index contributed by atoms with van der Waals surface area (Å²) in [6, 6.07) is 9.90. The Kier molecular flexibility index (Phi) is 7.91. The molecule has 0 saturated carbocycles. The van der Waals surface area contributed by atoms with Crippen LogP contribution in [0.1, 0.15) is 25.8 Å². The summed E-state index contributed by atoms with van der Waals surface area (Å²) in [4.78, 5) is 11.0. The Hall–Kier alpha value is -3.94. The standard InChI is InChI=1S/C27H23F6NO6S/c1-26(2,24(35)36)13-20-14-34(41(37,38)21-5-3-4-17(11-21)27(31,32)33)22-10-15(6-7-23(22)39-20)16-8-18(28)12-19(9-16)40-25(29)30/h3-12,20,25H,13-14H2,1-2H3,(H,35,36)/t20-/m0/s1. The summed E-state index contributed by atoms with van der Waals surface area (Å²) in [6.45, 7) is -0.881. The van der Waals surface area contributed by atoms with Gasteiger partial charge in [0.1, 0.15) is 23.4 Å². The number of sulfonamides is 1. The summed E-state index contributed by atoms with van der Waals surface area (Å²) in [5, 5.41) is 9.56. The number of hydrogen-bond acceptors (Lipinski definition) is 5. The quantitative estimate of drug-likeness (QED) is 0.293. The maximum atomic E-state index is 14.2. The minimum absolute atomic E-state index is 0.0361. The van der Waals surface area contributed by atoms with Crippen LogP contribution in [0.3, 0.4) is 0 Å². The van der Waals surface area contributed by atoms with Crippen molar-refractivity contribution < 1.29 is 54.1 Å². The van der Waals surface area contributed by atoms with Gasteiger partial charge in [-0.15, -0.1) is 0 Å². The van der Waals surface area contributed by atoms with Crippen molar-refractivity contribution in [3.8, 4) is 22.6 Å². The van der Waals surface area contributed by atoms with Gasteiger partial charge in [0.25, 0.3) is 10.0 Å². The van der Waals surface area contributed by atoms with Crippen LogP contribution in [0.25, 0.3) is 11.1 Å². The molecule has 0 bridgehead atoms. The van der Waals surface area contributed by atoms with Crippen LogP contribution >= 0.6 is 0 Å². The molecular formula is C27H23F6NO6S. The van der Waals surface area contributed by atoms with Gasteiger partial charge in [-0.3, -0.25) is 9.10 Å². The summed E-state index contributed by atoms with van der Waals surface area (Å²) in [6.07, 6.45) is -6.00. The van der Waals surface area contributed by atoms with Gasteiger partial charge in [-0.1, -0.05) is 12.1 Å². The molecule has 220 valence electrons. The molecule has 0 aromatic heterocycles. The molecule has 0 amide bonds. The summed E-state index contributed by atoms with van der Waals surface area (Å²) in [5.41, 5.74) is -2.50. The lowest BCUT2D eigenvalue weighted by Crippen LogP contribution is -2.46. The Balaban J connectivity index is 1.84. The number of benzene rings is 3. The number of nitrogens with zero attached hydrogens (tertiary/aromatic N) is 1. The zero-order chi connectivity index (χ0) is 30.3. The van der Waals surface area contributed by atoms with Gasteiger partial charge in [-0.25, -0.2) is 12.8 Å². The fourth-order valence-corrected chi connectivity index (χ4v) is 5.89. The molecule has 3 aromatic carbocycles. The molecule has 1 heterocycles. The molecule has 0 fully saturated rings. The minimum atomic E-state index is -4.83. The Morgan fingerprint density at radius 1 is 1.07 bits per heavy atom. The maximum Gasteiger partial charge on any atom is 0.416 e. The minimum Gasteiger partial charge on any atom is -0.486 e. The van der Waals surface area contributed by atoms with Gasteiger partial charge in [0.15, 0.2) is 0 Å². The summed E-state index contributed by atoms with van der Waals surface area (Å²) < 4.78 is 118. The molecule has 7 nitrogen and oxygen atoms in total. The zero-order valence-electron chi connectivity index (χ0n) is 21.5. The van der Waals surface area contributed by atoms with Gasteiger partial charge >= 0.3 is 18.8 Å². The number of halogens is 6. The van der Waals surface area contributed by atoms with Crippen molar-refractivity contribution in [1.82, 2.24) is 0 Å². The Morgan fingerprint density at radius 2 is 1.78 bits per heavy atom. The molecule has 0 spiro atoms. The third kappa shape index (κ3) is 6.53. The van der Waals surface area contributed by atoms with E-state index < -0.39 is 68.9 Å². The summed E-state index contributed by atoms with van der Waals surface area (Å²) >= 11 is 0. The molecule has 1 N–H and O–H groups in total. The van der Waals surface area contributed by atoms with Crippen LogP contribution in [-0.2, 0) is 21.0 Å². The molecule has 3 aromatic rings. The molecule has 1 atom stereocenters. The predicted octanol–water partition coefficient (Wildman–Crippen LogP) is 6.57. The number of alkyl halides is 5. The lowest BCUT2D eigenvalue weighted by Gasteiger charge is -2.38. The largest absolute Gasteiger partial charge is 0.486 e. The highest BCUT2D eigenvalue weighted by Crippen LogP contribution is 2.43. The van der Waals surface area contributed by atoms with E-state index in [1.165, 1.54) is 32.0 Å². The number of carboxylic acid groups (broad SMARTS) is 1. The van der Waals surface area contributed by atoms with Crippen molar-refractivity contribution in [3.63, 3.8) is 0 Å². The first-order valence-electron chi connectivity index (χ1n) is 12.0. The van der Waals surface area contributed by atoms with E-state index in [1.54, 1.807) is 0 Å². The summed E-state index contributed by atoms with van der Waals surface area (Å²) in [7, 11) is -4.69. The van der Waals surface area contributed by atoms with E-state index >= 15 is 0 Å². The zero-order valence-corrected chi connectivity index (χ0v) is 22.3. The maximum absolute atomic E-state index is 14.2. The monoisotopic (exact) mass is 603 g/mol. The second-order valence-corrected chi connectivity index (χ2v) is 11.8. The number of carbonyl (C=O) groups is 1. The molecule has 0 unspecified atom stereocenters. The van der Waals surface area contributed by atoms with Crippen LogP contribution in [0, 0.1) is 11.2 Å². The van der Waals surface area contributed by atoms with E-state index in [4.69, 9.17) is 4.74 Å². The van der Waals surface area contributed by atoms with Crippen LogP contribution in [0.15, 0.2) is 65.6 Å². The number of hydrogen-bond donors (Lipinski definition) is 1. The normalized spacial score (nSPS) is 15.8. The molecule has 14 heteroatoms. The van der Waals surface area contributed by atoms with Crippen LogP contribution in [0.5, 0.6) is 11.5 Å². The lowest BCUT2D eigenvalue weighted by molar-refractivity contribution is -0.148. The first-order valence-corrected chi connectivity index (χ1v) is 13.4. The molecule has 0 radical (unpaired) electrons. The Labute approximate surface area is 231 Å². The van der Waals surface area contributed by atoms with Crippen molar-refractivity contribution >= 4 is 21.7 Å². The third-order valence-electron chi connectivity index (χ3n) is 6.39. The molecule has 1 aliphatic rings. The highest BCUT2D eigenvalue weighted by molar-refractivity contribution is 7.92. The highest BCUT2D eigenvalue weighted by Gasteiger charge is 2.40. The average molecular weight is 604 g/mol. The second-order valence-electron chi connectivity index (χ2n) is 9.93. The lowest BCUT2D eigenvalue weighted by atomic mass is 9.86. The van der Waals surface area contributed by atoms with Crippen LogP contribution in [-0.4, -0.2) is 38.8 Å². The predicted molar refractivity (Wildman–Crippen MR) is 135 cm³/mol. The van der Waals surface area contributed by atoms with E-state index in [1.807, 2.05) is 0 Å². The van der Waals surface area contributed by atoms with Gasteiger partial charge in [0.2, 0.25) is 0 Å². The van der Waals surface area contributed by atoms with Crippen molar-refractivity contribution in [1.29, 1.82) is 0 Å². The SMILES string of the molecule is CC(C)(C[C@H]1CN(S(=O)(=O)c2cccc(C(F)(F)F)c2)c2cc(-c3cc(F)cc(OC(F)F)c3)ccc2O1)C(=O)O. The van der Waals surface area contributed by atoms with Crippen LogP contribution < -0.4 is 13.8 Å². The van der Waals surface area contributed by atoms with Gasteiger partial charge in [0, 0.05) is 12.5 Å². The number of fused-ring (bicyclic) bond motifs is 1. The van der Waals surface area contributed by atoms with Crippen molar-refractivity contribution in [2.24, 2.45) is 5.41 Å². The van der Waals surface area contributed by atoms with Crippen LogP contribution in [0.4, 0.5) is 32.0 Å².